The first-order chi connectivity index (χ1) is 11.1. The number of hydrogen-bond donors (Lipinski definition) is 1. The number of hydrogen-bond acceptors (Lipinski definition) is 4. The lowest BCUT2D eigenvalue weighted by molar-refractivity contribution is -0.128. The van der Waals surface area contributed by atoms with Crippen LogP contribution in [0.2, 0.25) is 0 Å². The van der Waals surface area contributed by atoms with Crippen molar-refractivity contribution in [1.82, 2.24) is 10.2 Å². The van der Waals surface area contributed by atoms with Gasteiger partial charge in [-0.1, -0.05) is 13.0 Å². The lowest BCUT2D eigenvalue weighted by atomic mass is 10.1. The SMILES string of the molecule is CC[C@H](Oc1cc(C)cc(C)c1)C(=O)NCCN1CCOCC1. The van der Waals surface area contributed by atoms with Crippen LogP contribution in [-0.4, -0.2) is 56.3 Å². The van der Waals surface area contributed by atoms with Crippen molar-refractivity contribution in [1.29, 1.82) is 0 Å². The number of carbonyl (C=O) groups is 1. The molecule has 1 atom stereocenters. The number of aryl methyl sites for hydroxylation is 2. The highest BCUT2D eigenvalue weighted by Crippen LogP contribution is 2.18. The van der Waals surface area contributed by atoms with E-state index in [0.717, 1.165) is 49.7 Å². The van der Waals surface area contributed by atoms with Gasteiger partial charge in [0.15, 0.2) is 6.10 Å². The molecular weight excluding hydrogens is 292 g/mol. The molecule has 1 saturated heterocycles. The Morgan fingerprint density at radius 1 is 1.26 bits per heavy atom. The molecule has 1 aliphatic heterocycles. The van der Waals surface area contributed by atoms with E-state index >= 15 is 0 Å². The number of benzene rings is 1. The van der Waals surface area contributed by atoms with Gasteiger partial charge < -0.3 is 14.8 Å². The summed E-state index contributed by atoms with van der Waals surface area (Å²) in [6.07, 6.45) is 0.206. The zero-order valence-corrected chi connectivity index (χ0v) is 14.4. The minimum atomic E-state index is -0.444. The Labute approximate surface area is 139 Å². The van der Waals surface area contributed by atoms with Gasteiger partial charge in [0.05, 0.1) is 13.2 Å². The highest BCUT2D eigenvalue weighted by Gasteiger charge is 2.19. The van der Waals surface area contributed by atoms with E-state index < -0.39 is 6.10 Å². The third-order valence-electron chi connectivity index (χ3n) is 3.97. The van der Waals surface area contributed by atoms with Crippen molar-refractivity contribution in [3.63, 3.8) is 0 Å². The molecule has 1 aromatic carbocycles. The van der Waals surface area contributed by atoms with Crippen LogP contribution < -0.4 is 10.1 Å². The van der Waals surface area contributed by atoms with Crippen LogP contribution in [0.25, 0.3) is 0 Å². The van der Waals surface area contributed by atoms with E-state index in [1.165, 1.54) is 0 Å². The average molecular weight is 320 g/mol. The van der Waals surface area contributed by atoms with Crippen molar-refractivity contribution >= 4 is 5.91 Å². The van der Waals surface area contributed by atoms with Crippen LogP contribution in [0.1, 0.15) is 24.5 Å². The van der Waals surface area contributed by atoms with Crippen molar-refractivity contribution in [2.45, 2.75) is 33.3 Å². The maximum Gasteiger partial charge on any atom is 0.261 e. The first-order valence-corrected chi connectivity index (χ1v) is 8.41. The predicted octanol–water partition coefficient (Wildman–Crippen LogP) is 1.91. The van der Waals surface area contributed by atoms with E-state index in [1.807, 2.05) is 32.9 Å². The molecule has 1 aliphatic rings. The Hall–Kier alpha value is -1.59. The van der Waals surface area contributed by atoms with Crippen LogP contribution in [0.4, 0.5) is 0 Å². The van der Waals surface area contributed by atoms with Crippen molar-refractivity contribution < 1.29 is 14.3 Å². The molecule has 2 rings (SSSR count). The second kappa shape index (κ2) is 8.89. The summed E-state index contributed by atoms with van der Waals surface area (Å²) in [5.41, 5.74) is 2.28. The van der Waals surface area contributed by atoms with E-state index in [4.69, 9.17) is 9.47 Å². The Morgan fingerprint density at radius 3 is 2.52 bits per heavy atom. The van der Waals surface area contributed by atoms with Crippen LogP contribution in [0.3, 0.4) is 0 Å². The van der Waals surface area contributed by atoms with Gasteiger partial charge in [-0.2, -0.15) is 0 Å². The van der Waals surface area contributed by atoms with Crippen molar-refractivity contribution in [2.24, 2.45) is 0 Å². The lowest BCUT2D eigenvalue weighted by Crippen LogP contribution is -2.44. The van der Waals surface area contributed by atoms with Crippen molar-refractivity contribution in [3.8, 4) is 5.75 Å². The van der Waals surface area contributed by atoms with Gasteiger partial charge >= 0.3 is 0 Å². The Bertz CT molecular complexity index is 493. The van der Waals surface area contributed by atoms with Gasteiger partial charge in [-0.05, 0) is 43.5 Å². The van der Waals surface area contributed by atoms with Crippen molar-refractivity contribution in [2.75, 3.05) is 39.4 Å². The zero-order chi connectivity index (χ0) is 16.7. The highest BCUT2D eigenvalue weighted by molar-refractivity contribution is 5.81. The highest BCUT2D eigenvalue weighted by atomic mass is 16.5. The summed E-state index contributed by atoms with van der Waals surface area (Å²) in [5, 5.41) is 2.98. The molecule has 5 heteroatoms. The number of nitrogens with zero attached hydrogens (tertiary/aromatic N) is 1. The monoisotopic (exact) mass is 320 g/mol. The minimum absolute atomic E-state index is 0.0417. The summed E-state index contributed by atoms with van der Waals surface area (Å²) in [5.74, 6) is 0.720. The lowest BCUT2D eigenvalue weighted by Gasteiger charge is -2.26. The molecule has 1 aromatic rings. The van der Waals surface area contributed by atoms with Gasteiger partial charge in [0.1, 0.15) is 5.75 Å². The predicted molar refractivity (Wildman–Crippen MR) is 90.9 cm³/mol. The second-order valence-electron chi connectivity index (χ2n) is 6.08. The van der Waals surface area contributed by atoms with Crippen LogP contribution in [-0.2, 0) is 9.53 Å². The molecule has 0 aliphatic carbocycles. The summed E-state index contributed by atoms with van der Waals surface area (Å²) < 4.78 is 11.2. The summed E-state index contributed by atoms with van der Waals surface area (Å²) in [7, 11) is 0. The molecular formula is C18H28N2O3. The van der Waals surface area contributed by atoms with Gasteiger partial charge in [0.2, 0.25) is 0 Å². The number of rotatable bonds is 7. The molecule has 23 heavy (non-hydrogen) atoms. The largest absolute Gasteiger partial charge is 0.481 e. The number of carbonyl (C=O) groups excluding carboxylic acids is 1. The summed E-state index contributed by atoms with van der Waals surface area (Å²) in [4.78, 5) is 14.6. The molecule has 1 fully saturated rings. The zero-order valence-electron chi connectivity index (χ0n) is 14.4. The number of morpholine rings is 1. The smallest absolute Gasteiger partial charge is 0.261 e. The molecule has 0 aromatic heterocycles. The standard InChI is InChI=1S/C18H28N2O3/c1-4-17(23-16-12-14(2)11-15(3)13-16)18(21)19-5-6-20-7-9-22-10-8-20/h11-13,17H,4-10H2,1-3H3,(H,19,21)/t17-/m0/s1. The second-order valence-corrected chi connectivity index (χ2v) is 6.08. The normalized spacial score (nSPS) is 16.8. The summed E-state index contributed by atoms with van der Waals surface area (Å²) in [6.45, 7) is 11.0. The Morgan fingerprint density at radius 2 is 1.91 bits per heavy atom. The maximum atomic E-state index is 12.3. The van der Waals surface area contributed by atoms with Gasteiger partial charge in [0.25, 0.3) is 5.91 Å². The quantitative estimate of drug-likeness (QED) is 0.834. The fourth-order valence-electron chi connectivity index (χ4n) is 2.76. The molecule has 1 heterocycles. The van der Waals surface area contributed by atoms with Crippen LogP contribution in [0, 0.1) is 13.8 Å². The van der Waals surface area contributed by atoms with E-state index in [2.05, 4.69) is 16.3 Å². The fourth-order valence-corrected chi connectivity index (χ4v) is 2.76. The first-order valence-electron chi connectivity index (χ1n) is 8.41. The molecule has 0 unspecified atom stereocenters. The molecule has 0 saturated carbocycles. The Kier molecular flexibility index (Phi) is 6.86. The molecule has 1 N–H and O–H groups in total. The van der Waals surface area contributed by atoms with E-state index in [9.17, 15) is 4.79 Å². The molecule has 1 amide bonds. The maximum absolute atomic E-state index is 12.3. The van der Waals surface area contributed by atoms with E-state index in [1.54, 1.807) is 0 Å². The van der Waals surface area contributed by atoms with Crippen molar-refractivity contribution in [3.05, 3.63) is 29.3 Å². The molecule has 0 bridgehead atoms. The van der Waals surface area contributed by atoms with Crippen LogP contribution in [0.5, 0.6) is 5.75 Å². The molecule has 0 radical (unpaired) electrons. The topological polar surface area (TPSA) is 50.8 Å². The number of ether oxygens (including phenoxy) is 2. The van der Waals surface area contributed by atoms with Gasteiger partial charge in [0, 0.05) is 26.2 Å². The summed E-state index contributed by atoms with van der Waals surface area (Å²) >= 11 is 0. The van der Waals surface area contributed by atoms with Crippen LogP contribution in [0.15, 0.2) is 18.2 Å². The summed E-state index contributed by atoms with van der Waals surface area (Å²) in [6, 6.07) is 6.03. The minimum Gasteiger partial charge on any atom is -0.481 e. The fraction of sp³-hybridized carbons (Fsp3) is 0.611. The van der Waals surface area contributed by atoms with E-state index in [-0.39, 0.29) is 5.91 Å². The van der Waals surface area contributed by atoms with Gasteiger partial charge in [-0.3, -0.25) is 9.69 Å². The van der Waals surface area contributed by atoms with Gasteiger partial charge in [-0.15, -0.1) is 0 Å². The average Bonchev–Trinajstić information content (AvgIpc) is 2.52. The van der Waals surface area contributed by atoms with Crippen LogP contribution >= 0.6 is 0 Å². The Balaban J connectivity index is 1.80. The third kappa shape index (κ3) is 5.84. The molecule has 128 valence electrons. The van der Waals surface area contributed by atoms with E-state index in [0.29, 0.717) is 13.0 Å². The third-order valence-corrected chi connectivity index (χ3v) is 3.97. The number of amides is 1. The first kappa shape index (κ1) is 17.8. The molecule has 0 spiro atoms. The van der Waals surface area contributed by atoms with Gasteiger partial charge in [-0.25, -0.2) is 0 Å². The number of nitrogens with one attached hydrogen (secondary N) is 1. The molecule has 5 nitrogen and oxygen atoms in total.